The summed E-state index contributed by atoms with van der Waals surface area (Å²) in [7, 11) is 0. The van der Waals surface area contributed by atoms with E-state index in [9.17, 15) is 0 Å². The highest BCUT2D eigenvalue weighted by Gasteiger charge is 2.61. The van der Waals surface area contributed by atoms with Crippen LogP contribution in [-0.4, -0.2) is 24.7 Å². The van der Waals surface area contributed by atoms with E-state index in [1.165, 1.54) is 0 Å². The summed E-state index contributed by atoms with van der Waals surface area (Å²) in [6.45, 7) is 0.998. The third kappa shape index (κ3) is 3.29. The summed E-state index contributed by atoms with van der Waals surface area (Å²) in [5.41, 5.74) is 23.0. The van der Waals surface area contributed by atoms with Gasteiger partial charge in [-0.25, -0.2) is 0 Å². The van der Waals surface area contributed by atoms with Gasteiger partial charge in [-0.3, -0.25) is 22.9 Å². The third-order valence-corrected chi connectivity index (χ3v) is 6.09. The first-order chi connectivity index (χ1) is 13.8. The zero-order chi connectivity index (χ0) is 20.6. The summed E-state index contributed by atoms with van der Waals surface area (Å²) in [6.07, 6.45) is 2.61. The van der Waals surface area contributed by atoms with Crippen molar-refractivity contribution in [2.24, 2.45) is 22.9 Å². The van der Waals surface area contributed by atoms with Crippen LogP contribution in [-0.2, 0) is 25.7 Å². The molecule has 29 heavy (non-hydrogen) atoms. The van der Waals surface area contributed by atoms with Crippen LogP contribution in [0.15, 0.2) is 60.7 Å². The molecule has 2 saturated heterocycles. The van der Waals surface area contributed by atoms with Crippen molar-refractivity contribution in [2.45, 2.75) is 48.6 Å². The Morgan fingerprint density at radius 1 is 0.690 bits per heavy atom. The fraction of sp³-hybridized carbons (Fsp3) is 0.455. The number of benzene rings is 2. The maximum atomic E-state index is 6.95. The molecule has 156 valence electrons. The lowest BCUT2D eigenvalue weighted by atomic mass is 9.86. The maximum absolute atomic E-state index is 6.95. The highest BCUT2D eigenvalue weighted by molar-refractivity contribution is 5.30. The Morgan fingerprint density at radius 3 is 1.38 bits per heavy atom. The molecule has 2 aromatic carbocycles. The zero-order valence-electron chi connectivity index (χ0n) is 16.6. The monoisotopic (exact) mass is 398 g/mol. The lowest BCUT2D eigenvalue weighted by Gasteiger charge is -2.51. The molecule has 4 unspecified atom stereocenters. The SMILES string of the molecule is NC1(C(N)(OC(N)(c2ccccc2)C2(N)CCCO2)c2ccccc2)CCCO1. The van der Waals surface area contributed by atoms with Crippen LogP contribution < -0.4 is 22.9 Å². The second kappa shape index (κ2) is 7.45. The van der Waals surface area contributed by atoms with Crippen LogP contribution in [0.4, 0.5) is 0 Å². The summed E-state index contributed by atoms with van der Waals surface area (Å²) in [6, 6.07) is 18.8. The Balaban J connectivity index is 1.86. The number of rotatable bonds is 6. The Labute approximate surface area is 171 Å². The molecule has 0 aromatic heterocycles. The molecule has 7 nitrogen and oxygen atoms in total. The summed E-state index contributed by atoms with van der Waals surface area (Å²) in [5.74, 6) is 0. The van der Waals surface area contributed by atoms with Gasteiger partial charge in [0, 0.05) is 24.3 Å². The van der Waals surface area contributed by atoms with Crippen molar-refractivity contribution in [3.8, 4) is 0 Å². The summed E-state index contributed by atoms with van der Waals surface area (Å²) < 4.78 is 18.5. The lowest BCUT2D eigenvalue weighted by Crippen LogP contribution is -2.73. The van der Waals surface area contributed by atoms with E-state index >= 15 is 0 Å². The van der Waals surface area contributed by atoms with Gasteiger partial charge in [-0.1, -0.05) is 60.7 Å². The molecule has 7 heteroatoms. The standard InChI is InChI=1S/C22H30N4O3/c23-19(13-7-15-27-19)21(25,17-9-3-1-4-10-17)29-22(26,18-11-5-2-6-12-18)20(24)14-8-16-28-20/h1-6,9-12H,7-8,13-16,23-26H2. The van der Waals surface area contributed by atoms with Gasteiger partial charge in [-0.15, -0.1) is 0 Å². The van der Waals surface area contributed by atoms with E-state index in [1.807, 2.05) is 60.7 Å². The fourth-order valence-corrected chi connectivity index (χ4v) is 4.31. The average molecular weight is 399 g/mol. The molecule has 0 spiro atoms. The van der Waals surface area contributed by atoms with Gasteiger partial charge < -0.3 is 14.2 Å². The quantitative estimate of drug-likeness (QED) is 0.543. The molecule has 0 amide bonds. The van der Waals surface area contributed by atoms with E-state index in [-0.39, 0.29) is 0 Å². The van der Waals surface area contributed by atoms with E-state index in [1.54, 1.807) is 0 Å². The molecule has 2 fully saturated rings. The van der Waals surface area contributed by atoms with Gasteiger partial charge in [0.25, 0.3) is 0 Å². The van der Waals surface area contributed by atoms with Gasteiger partial charge in [-0.05, 0) is 25.7 Å². The van der Waals surface area contributed by atoms with Crippen molar-refractivity contribution < 1.29 is 14.2 Å². The maximum Gasteiger partial charge on any atom is 0.188 e. The fourth-order valence-electron chi connectivity index (χ4n) is 4.31. The second-order valence-corrected chi connectivity index (χ2v) is 7.99. The average Bonchev–Trinajstić information content (AvgIpc) is 3.39. The molecule has 0 aliphatic carbocycles. The van der Waals surface area contributed by atoms with E-state index < -0.39 is 22.9 Å². The molecule has 4 rings (SSSR count). The molecule has 2 heterocycles. The van der Waals surface area contributed by atoms with Crippen LogP contribution >= 0.6 is 0 Å². The summed E-state index contributed by atoms with van der Waals surface area (Å²) in [4.78, 5) is 0. The van der Waals surface area contributed by atoms with Gasteiger partial charge in [0.1, 0.15) is 0 Å². The van der Waals surface area contributed by atoms with Crippen molar-refractivity contribution in [1.82, 2.24) is 0 Å². The Morgan fingerprint density at radius 2 is 1.07 bits per heavy atom. The zero-order valence-corrected chi connectivity index (χ0v) is 16.6. The number of ether oxygens (including phenoxy) is 3. The highest BCUT2D eigenvalue weighted by atomic mass is 16.6. The van der Waals surface area contributed by atoms with Gasteiger partial charge in [0.05, 0.1) is 0 Å². The van der Waals surface area contributed by atoms with E-state index in [4.69, 9.17) is 37.1 Å². The lowest BCUT2D eigenvalue weighted by molar-refractivity contribution is -0.298. The predicted octanol–water partition coefficient (Wildman–Crippen LogP) is 1.56. The van der Waals surface area contributed by atoms with Crippen LogP contribution in [0.3, 0.4) is 0 Å². The molecule has 0 radical (unpaired) electrons. The van der Waals surface area contributed by atoms with Crippen LogP contribution in [0, 0.1) is 0 Å². The van der Waals surface area contributed by atoms with E-state index in [0.29, 0.717) is 37.2 Å². The summed E-state index contributed by atoms with van der Waals surface area (Å²) in [5, 5.41) is 0. The van der Waals surface area contributed by atoms with Crippen LogP contribution in [0.1, 0.15) is 36.8 Å². The van der Waals surface area contributed by atoms with Gasteiger partial charge >= 0.3 is 0 Å². The molecule has 4 atom stereocenters. The van der Waals surface area contributed by atoms with Crippen molar-refractivity contribution in [2.75, 3.05) is 13.2 Å². The number of hydrogen-bond acceptors (Lipinski definition) is 7. The van der Waals surface area contributed by atoms with Crippen molar-refractivity contribution in [3.63, 3.8) is 0 Å². The van der Waals surface area contributed by atoms with Crippen molar-refractivity contribution in [1.29, 1.82) is 0 Å². The number of hydrogen-bond donors (Lipinski definition) is 4. The minimum Gasteiger partial charge on any atom is -0.356 e. The number of nitrogens with two attached hydrogens (primary N) is 4. The molecule has 0 bridgehead atoms. The van der Waals surface area contributed by atoms with E-state index in [2.05, 4.69) is 0 Å². The third-order valence-electron chi connectivity index (χ3n) is 6.09. The molecular formula is C22H30N4O3. The normalized spacial score (nSPS) is 31.3. The molecule has 8 N–H and O–H groups in total. The molecule has 2 aromatic rings. The van der Waals surface area contributed by atoms with Crippen molar-refractivity contribution in [3.05, 3.63) is 71.8 Å². The largest absolute Gasteiger partial charge is 0.356 e. The van der Waals surface area contributed by atoms with Gasteiger partial charge in [0.15, 0.2) is 22.9 Å². The summed E-state index contributed by atoms with van der Waals surface area (Å²) >= 11 is 0. The molecule has 2 aliphatic heterocycles. The topological polar surface area (TPSA) is 132 Å². The Bertz CT molecular complexity index is 753. The predicted molar refractivity (Wildman–Crippen MR) is 110 cm³/mol. The molecular weight excluding hydrogens is 368 g/mol. The highest BCUT2D eigenvalue weighted by Crippen LogP contribution is 2.46. The molecule has 2 aliphatic rings. The van der Waals surface area contributed by atoms with Crippen LogP contribution in [0.2, 0.25) is 0 Å². The minimum atomic E-state index is -1.55. The van der Waals surface area contributed by atoms with Gasteiger partial charge in [0.2, 0.25) is 0 Å². The van der Waals surface area contributed by atoms with E-state index in [0.717, 1.165) is 12.8 Å². The Kier molecular flexibility index (Phi) is 5.25. The van der Waals surface area contributed by atoms with Crippen LogP contribution in [0.25, 0.3) is 0 Å². The Hall–Kier alpha value is -1.84. The van der Waals surface area contributed by atoms with Gasteiger partial charge in [-0.2, -0.15) is 0 Å². The first-order valence-corrected chi connectivity index (χ1v) is 10.1. The molecule has 0 saturated carbocycles. The second-order valence-electron chi connectivity index (χ2n) is 7.99. The van der Waals surface area contributed by atoms with Crippen molar-refractivity contribution >= 4 is 0 Å². The first kappa shape index (κ1) is 20.4. The van der Waals surface area contributed by atoms with Crippen LogP contribution in [0.5, 0.6) is 0 Å². The minimum absolute atomic E-state index is 0.499. The first-order valence-electron chi connectivity index (χ1n) is 10.1. The smallest absolute Gasteiger partial charge is 0.188 e.